The molecule has 22 heavy (non-hydrogen) atoms. The summed E-state index contributed by atoms with van der Waals surface area (Å²) in [6, 6.07) is 5.49. The van der Waals surface area contributed by atoms with Crippen LogP contribution >= 0.6 is 0 Å². The molecule has 0 radical (unpaired) electrons. The summed E-state index contributed by atoms with van der Waals surface area (Å²) in [5.74, 6) is 0.424. The highest BCUT2D eigenvalue weighted by Gasteiger charge is 2.32. The van der Waals surface area contributed by atoms with Gasteiger partial charge in [0, 0.05) is 38.7 Å². The van der Waals surface area contributed by atoms with Gasteiger partial charge in [0.1, 0.15) is 5.75 Å². The number of fused-ring (bicyclic) bond motifs is 1. The zero-order chi connectivity index (χ0) is 15.7. The Balaban J connectivity index is 1.70. The van der Waals surface area contributed by atoms with E-state index in [0.29, 0.717) is 31.8 Å². The van der Waals surface area contributed by atoms with Crippen LogP contribution in [0.3, 0.4) is 0 Å². The topological polar surface area (TPSA) is 60.9 Å². The van der Waals surface area contributed by atoms with Crippen molar-refractivity contribution in [2.75, 3.05) is 19.6 Å². The molecule has 3 rings (SSSR count). The molecule has 0 saturated carbocycles. The van der Waals surface area contributed by atoms with Gasteiger partial charge in [-0.2, -0.15) is 0 Å². The van der Waals surface area contributed by atoms with E-state index >= 15 is 0 Å². The minimum absolute atomic E-state index is 0.0476. The number of likely N-dealkylation sites (tertiary alicyclic amines) is 1. The number of piperidine rings is 1. The van der Waals surface area contributed by atoms with E-state index in [2.05, 4.69) is 0 Å². The average molecular weight is 302 g/mol. The summed E-state index contributed by atoms with van der Waals surface area (Å²) in [4.78, 5) is 27.9. The summed E-state index contributed by atoms with van der Waals surface area (Å²) >= 11 is 0. The number of aromatic hydroxyl groups is 1. The van der Waals surface area contributed by atoms with Crippen LogP contribution < -0.4 is 0 Å². The van der Waals surface area contributed by atoms with Gasteiger partial charge >= 0.3 is 0 Å². The van der Waals surface area contributed by atoms with Crippen LogP contribution in [0.5, 0.6) is 5.75 Å². The third kappa shape index (κ3) is 2.80. The second kappa shape index (κ2) is 5.99. The number of carbonyl (C=O) groups is 2. The molecule has 118 valence electrons. The molecule has 1 aromatic carbocycles. The molecule has 0 bridgehead atoms. The van der Waals surface area contributed by atoms with Gasteiger partial charge in [-0.25, -0.2) is 0 Å². The van der Waals surface area contributed by atoms with Gasteiger partial charge in [0.05, 0.1) is 5.92 Å². The molecule has 0 aromatic heterocycles. The Morgan fingerprint density at radius 2 is 2.05 bits per heavy atom. The first kappa shape index (κ1) is 14.9. The molecule has 1 atom stereocenters. The number of phenols is 1. The van der Waals surface area contributed by atoms with Crippen molar-refractivity contribution in [3.8, 4) is 5.75 Å². The van der Waals surface area contributed by atoms with E-state index in [1.54, 1.807) is 17.9 Å². The fraction of sp³-hybridized carbons (Fsp3) is 0.529. The van der Waals surface area contributed by atoms with E-state index in [1.165, 1.54) is 0 Å². The number of benzene rings is 1. The van der Waals surface area contributed by atoms with Gasteiger partial charge < -0.3 is 14.9 Å². The highest BCUT2D eigenvalue weighted by atomic mass is 16.3. The predicted octanol–water partition coefficient (Wildman–Crippen LogP) is 1.54. The van der Waals surface area contributed by atoms with Gasteiger partial charge in [-0.3, -0.25) is 9.59 Å². The van der Waals surface area contributed by atoms with E-state index in [4.69, 9.17) is 0 Å². The molecule has 0 spiro atoms. The van der Waals surface area contributed by atoms with Crippen molar-refractivity contribution in [1.29, 1.82) is 0 Å². The summed E-state index contributed by atoms with van der Waals surface area (Å²) in [5.41, 5.74) is 1.99. The first-order valence-electron chi connectivity index (χ1n) is 7.90. The van der Waals surface area contributed by atoms with Crippen molar-refractivity contribution in [2.24, 2.45) is 5.92 Å². The Morgan fingerprint density at radius 3 is 2.82 bits per heavy atom. The van der Waals surface area contributed by atoms with Gasteiger partial charge in [0.25, 0.3) is 0 Å². The van der Waals surface area contributed by atoms with Crippen LogP contribution in [-0.2, 0) is 22.6 Å². The van der Waals surface area contributed by atoms with Crippen LogP contribution in [0.15, 0.2) is 18.2 Å². The van der Waals surface area contributed by atoms with E-state index in [1.807, 2.05) is 17.0 Å². The second-order valence-corrected chi connectivity index (χ2v) is 6.23. The zero-order valence-corrected chi connectivity index (χ0v) is 12.9. The van der Waals surface area contributed by atoms with Crippen LogP contribution in [0, 0.1) is 5.92 Å². The first-order valence-corrected chi connectivity index (χ1v) is 7.90. The lowest BCUT2D eigenvalue weighted by Gasteiger charge is -2.36. The molecule has 0 aliphatic carbocycles. The summed E-state index contributed by atoms with van der Waals surface area (Å²) in [5, 5.41) is 9.88. The van der Waals surface area contributed by atoms with Crippen LogP contribution in [-0.4, -0.2) is 46.4 Å². The highest BCUT2D eigenvalue weighted by Crippen LogP contribution is 2.28. The van der Waals surface area contributed by atoms with E-state index < -0.39 is 0 Å². The van der Waals surface area contributed by atoms with Gasteiger partial charge in [0.15, 0.2) is 0 Å². The van der Waals surface area contributed by atoms with E-state index in [9.17, 15) is 14.7 Å². The van der Waals surface area contributed by atoms with E-state index in [-0.39, 0.29) is 17.7 Å². The Labute approximate surface area is 130 Å². The van der Waals surface area contributed by atoms with Crippen LogP contribution in [0.4, 0.5) is 0 Å². The molecule has 5 heteroatoms. The lowest BCUT2D eigenvalue weighted by molar-refractivity contribution is -0.140. The summed E-state index contributed by atoms with van der Waals surface area (Å²) in [7, 11) is 0. The predicted molar refractivity (Wildman–Crippen MR) is 82.2 cm³/mol. The molecular formula is C17H22N2O3. The van der Waals surface area contributed by atoms with Crippen molar-refractivity contribution in [1.82, 2.24) is 9.80 Å². The smallest absolute Gasteiger partial charge is 0.227 e. The maximum atomic E-state index is 12.7. The Hall–Kier alpha value is -2.04. The molecule has 5 nitrogen and oxygen atoms in total. The van der Waals surface area contributed by atoms with Crippen LogP contribution in [0.1, 0.15) is 30.9 Å². The quantitative estimate of drug-likeness (QED) is 0.856. The number of nitrogens with zero attached hydrogens (tertiary/aromatic N) is 2. The summed E-state index contributed by atoms with van der Waals surface area (Å²) in [6.07, 6.45) is 2.43. The van der Waals surface area contributed by atoms with Crippen molar-refractivity contribution < 1.29 is 14.7 Å². The van der Waals surface area contributed by atoms with Gasteiger partial charge in [-0.15, -0.1) is 0 Å². The lowest BCUT2D eigenvalue weighted by atomic mass is 9.93. The Morgan fingerprint density at radius 1 is 1.23 bits per heavy atom. The minimum atomic E-state index is -0.0866. The fourth-order valence-electron chi connectivity index (χ4n) is 3.50. The molecule has 1 saturated heterocycles. The number of amides is 2. The molecule has 1 aromatic rings. The summed E-state index contributed by atoms with van der Waals surface area (Å²) < 4.78 is 0. The fourth-order valence-corrected chi connectivity index (χ4v) is 3.50. The van der Waals surface area contributed by atoms with Crippen molar-refractivity contribution in [2.45, 2.75) is 32.7 Å². The Bertz CT molecular complexity index is 600. The first-order chi connectivity index (χ1) is 10.6. The average Bonchev–Trinajstić information content (AvgIpc) is 2.54. The highest BCUT2D eigenvalue weighted by molar-refractivity contribution is 5.81. The Kier molecular flexibility index (Phi) is 4.05. The normalized spacial score (nSPS) is 21.4. The van der Waals surface area contributed by atoms with Crippen molar-refractivity contribution >= 4 is 11.8 Å². The SMILES string of the molecule is CC(=O)N1CCCC(C(=O)N2CCc3c(O)cccc3C2)C1. The number of hydrogen-bond donors (Lipinski definition) is 1. The number of carbonyl (C=O) groups excluding carboxylic acids is 2. The van der Waals surface area contributed by atoms with Crippen molar-refractivity contribution in [3.63, 3.8) is 0 Å². The maximum absolute atomic E-state index is 12.7. The molecule has 1 unspecified atom stereocenters. The minimum Gasteiger partial charge on any atom is -0.508 e. The van der Waals surface area contributed by atoms with Gasteiger partial charge in [-0.05, 0) is 30.9 Å². The standard InChI is InChI=1S/C17H22N2O3/c1-12(20)18-8-3-5-14(11-18)17(22)19-9-7-15-13(10-19)4-2-6-16(15)21/h2,4,6,14,21H,3,5,7-11H2,1H3. The summed E-state index contributed by atoms with van der Waals surface area (Å²) in [6.45, 7) is 4.05. The maximum Gasteiger partial charge on any atom is 0.227 e. The molecule has 2 amide bonds. The van der Waals surface area contributed by atoms with Gasteiger partial charge in [0.2, 0.25) is 11.8 Å². The molecule has 1 fully saturated rings. The molecular weight excluding hydrogens is 280 g/mol. The number of hydrogen-bond acceptors (Lipinski definition) is 3. The zero-order valence-electron chi connectivity index (χ0n) is 12.9. The monoisotopic (exact) mass is 302 g/mol. The third-order valence-electron chi connectivity index (χ3n) is 4.77. The number of rotatable bonds is 1. The van der Waals surface area contributed by atoms with Crippen LogP contribution in [0.2, 0.25) is 0 Å². The molecule has 2 aliphatic rings. The van der Waals surface area contributed by atoms with Crippen LogP contribution in [0.25, 0.3) is 0 Å². The lowest BCUT2D eigenvalue weighted by Crippen LogP contribution is -2.47. The van der Waals surface area contributed by atoms with Crippen molar-refractivity contribution in [3.05, 3.63) is 29.3 Å². The van der Waals surface area contributed by atoms with Gasteiger partial charge in [-0.1, -0.05) is 12.1 Å². The second-order valence-electron chi connectivity index (χ2n) is 6.23. The third-order valence-corrected chi connectivity index (χ3v) is 4.77. The number of phenolic OH excluding ortho intramolecular Hbond substituents is 1. The van der Waals surface area contributed by atoms with E-state index in [0.717, 1.165) is 30.5 Å². The largest absolute Gasteiger partial charge is 0.508 e. The molecule has 2 aliphatic heterocycles. The molecule has 2 heterocycles. The molecule has 1 N–H and O–H groups in total.